The van der Waals surface area contributed by atoms with E-state index in [-0.39, 0.29) is 11.4 Å². The van der Waals surface area contributed by atoms with Gasteiger partial charge in [-0.25, -0.2) is 13.4 Å². The van der Waals surface area contributed by atoms with E-state index in [9.17, 15) is 13.5 Å². The van der Waals surface area contributed by atoms with Crippen molar-refractivity contribution in [2.24, 2.45) is 0 Å². The molecule has 0 spiro atoms. The summed E-state index contributed by atoms with van der Waals surface area (Å²) in [6.07, 6.45) is 1.64. The van der Waals surface area contributed by atoms with Crippen LogP contribution in [0.3, 0.4) is 0 Å². The van der Waals surface area contributed by atoms with Crippen LogP contribution >= 0.6 is 0 Å². The molecule has 1 aromatic heterocycles. The Labute approximate surface area is 177 Å². The van der Waals surface area contributed by atoms with Gasteiger partial charge in [0.05, 0.1) is 18.1 Å². The van der Waals surface area contributed by atoms with Crippen LogP contribution in [0.5, 0.6) is 5.75 Å². The van der Waals surface area contributed by atoms with E-state index in [0.717, 1.165) is 45.0 Å². The normalized spacial score (nSPS) is 21.9. The highest BCUT2D eigenvalue weighted by molar-refractivity contribution is 7.89. The van der Waals surface area contributed by atoms with Gasteiger partial charge in [-0.1, -0.05) is 12.1 Å². The van der Waals surface area contributed by atoms with Gasteiger partial charge in [-0.05, 0) is 37.2 Å². The topological polar surface area (TPSA) is 86.2 Å². The average molecular weight is 433 g/mol. The van der Waals surface area contributed by atoms with Gasteiger partial charge in [-0.15, -0.1) is 0 Å². The third-order valence-electron chi connectivity index (χ3n) is 5.80. The summed E-state index contributed by atoms with van der Waals surface area (Å²) < 4.78 is 32.7. The van der Waals surface area contributed by atoms with Gasteiger partial charge in [0.1, 0.15) is 11.6 Å². The first-order valence-electron chi connectivity index (χ1n) is 10.2. The second-order valence-corrected chi connectivity index (χ2v) is 9.53. The van der Waals surface area contributed by atoms with E-state index in [1.165, 1.54) is 11.4 Å². The largest absolute Gasteiger partial charge is 0.496 e. The summed E-state index contributed by atoms with van der Waals surface area (Å²) in [5.74, 6) is 1.41. The Balaban J connectivity index is 1.33. The molecule has 0 aliphatic carbocycles. The zero-order valence-electron chi connectivity index (χ0n) is 17.1. The SMILES string of the molecule is COc1cccc2c1C(O)CN(CCCN1CCN(c3ccccn3)CC1)S2(=O)=O. The highest BCUT2D eigenvalue weighted by Crippen LogP contribution is 2.38. The molecule has 0 bridgehead atoms. The van der Waals surface area contributed by atoms with Crippen LogP contribution in [0, 0.1) is 0 Å². The monoisotopic (exact) mass is 432 g/mol. The molecule has 1 N–H and O–H groups in total. The molecule has 162 valence electrons. The predicted molar refractivity (Wildman–Crippen MR) is 114 cm³/mol. The van der Waals surface area contributed by atoms with E-state index in [1.807, 2.05) is 24.4 Å². The van der Waals surface area contributed by atoms with Crippen molar-refractivity contribution in [2.75, 3.05) is 57.8 Å². The molecular weight excluding hydrogens is 404 g/mol. The summed E-state index contributed by atoms with van der Waals surface area (Å²) in [7, 11) is -2.16. The summed E-state index contributed by atoms with van der Waals surface area (Å²) in [6, 6.07) is 10.8. The Morgan fingerprint density at radius 2 is 1.90 bits per heavy atom. The number of aliphatic hydroxyl groups is 1. The molecule has 4 rings (SSSR count). The van der Waals surface area contributed by atoms with Gasteiger partial charge >= 0.3 is 0 Å². The van der Waals surface area contributed by atoms with Crippen molar-refractivity contribution in [2.45, 2.75) is 17.4 Å². The van der Waals surface area contributed by atoms with E-state index >= 15 is 0 Å². The zero-order valence-corrected chi connectivity index (χ0v) is 18.0. The fraction of sp³-hybridized carbons (Fsp3) is 0.476. The number of sulfonamides is 1. The van der Waals surface area contributed by atoms with Gasteiger partial charge in [0.15, 0.2) is 0 Å². The lowest BCUT2D eigenvalue weighted by Crippen LogP contribution is -2.47. The van der Waals surface area contributed by atoms with Crippen LogP contribution in [-0.4, -0.2) is 80.6 Å². The Kier molecular flexibility index (Phi) is 6.24. The van der Waals surface area contributed by atoms with Crippen LogP contribution in [0.2, 0.25) is 0 Å². The number of hydrogen-bond acceptors (Lipinski definition) is 7. The minimum Gasteiger partial charge on any atom is -0.496 e. The van der Waals surface area contributed by atoms with Gasteiger partial charge in [-0.3, -0.25) is 4.90 Å². The second kappa shape index (κ2) is 8.89. The number of aromatic nitrogens is 1. The third-order valence-corrected chi connectivity index (χ3v) is 7.72. The number of anilines is 1. The summed E-state index contributed by atoms with van der Waals surface area (Å²) in [6.45, 7) is 4.93. The number of fused-ring (bicyclic) bond motifs is 1. The molecule has 2 aliphatic heterocycles. The number of benzene rings is 1. The van der Waals surface area contributed by atoms with E-state index in [2.05, 4.69) is 14.8 Å². The number of methoxy groups -OCH3 is 1. The van der Waals surface area contributed by atoms with Gasteiger partial charge < -0.3 is 14.7 Å². The first-order chi connectivity index (χ1) is 14.5. The lowest BCUT2D eigenvalue weighted by molar-refractivity contribution is 0.132. The maximum Gasteiger partial charge on any atom is 0.243 e. The van der Waals surface area contributed by atoms with E-state index in [1.54, 1.807) is 18.2 Å². The number of ether oxygens (including phenoxy) is 1. The van der Waals surface area contributed by atoms with Gasteiger partial charge in [-0.2, -0.15) is 4.31 Å². The molecule has 3 heterocycles. The average Bonchev–Trinajstić information content (AvgIpc) is 2.78. The van der Waals surface area contributed by atoms with Crippen molar-refractivity contribution in [3.63, 3.8) is 0 Å². The Hall–Kier alpha value is -2.20. The quantitative estimate of drug-likeness (QED) is 0.737. The van der Waals surface area contributed by atoms with Crippen LogP contribution in [0.4, 0.5) is 5.82 Å². The Morgan fingerprint density at radius 3 is 2.60 bits per heavy atom. The molecule has 1 atom stereocenters. The highest BCUT2D eigenvalue weighted by atomic mass is 32.2. The Bertz CT molecular complexity index is 962. The van der Waals surface area contributed by atoms with Crippen LogP contribution in [0.25, 0.3) is 0 Å². The minimum absolute atomic E-state index is 0.0587. The van der Waals surface area contributed by atoms with Crippen molar-refractivity contribution in [3.05, 3.63) is 48.2 Å². The van der Waals surface area contributed by atoms with E-state index in [4.69, 9.17) is 4.74 Å². The zero-order chi connectivity index (χ0) is 21.1. The molecule has 2 aromatic rings. The maximum atomic E-state index is 13.0. The number of β-amino-alcohol motifs (C(OH)–C–C–N with tert-alkyl or cyclic N) is 1. The first-order valence-corrected chi connectivity index (χ1v) is 11.7. The second-order valence-electron chi connectivity index (χ2n) is 7.62. The van der Waals surface area contributed by atoms with Crippen LogP contribution in [0.1, 0.15) is 18.1 Å². The Morgan fingerprint density at radius 1 is 1.10 bits per heavy atom. The van der Waals surface area contributed by atoms with E-state index in [0.29, 0.717) is 17.9 Å². The van der Waals surface area contributed by atoms with E-state index < -0.39 is 16.1 Å². The van der Waals surface area contributed by atoms with Gasteiger partial charge in [0.2, 0.25) is 10.0 Å². The number of rotatable bonds is 6. The summed E-state index contributed by atoms with van der Waals surface area (Å²) in [5.41, 5.74) is 0.363. The number of pyridine rings is 1. The molecule has 2 aliphatic rings. The predicted octanol–water partition coefficient (Wildman–Crippen LogP) is 1.34. The highest BCUT2D eigenvalue weighted by Gasteiger charge is 2.37. The molecule has 0 radical (unpaired) electrons. The lowest BCUT2D eigenvalue weighted by atomic mass is 10.1. The number of hydrogen-bond donors (Lipinski definition) is 1. The smallest absolute Gasteiger partial charge is 0.243 e. The molecule has 9 heteroatoms. The lowest BCUT2D eigenvalue weighted by Gasteiger charge is -2.36. The molecule has 8 nitrogen and oxygen atoms in total. The molecule has 1 saturated heterocycles. The molecule has 30 heavy (non-hydrogen) atoms. The standard InChI is InChI=1S/C21H28N4O4S/c1-29-18-6-4-7-19-21(18)17(26)16-25(30(19,27)28)11-5-10-23-12-14-24(15-13-23)20-8-2-3-9-22-20/h2-4,6-9,17,26H,5,10-16H2,1H3. The van der Waals surface area contributed by atoms with Gasteiger partial charge in [0, 0.05) is 51.0 Å². The van der Waals surface area contributed by atoms with Crippen LogP contribution in [0.15, 0.2) is 47.5 Å². The summed E-state index contributed by atoms with van der Waals surface area (Å²) in [4.78, 5) is 9.17. The van der Waals surface area contributed by atoms with Crippen molar-refractivity contribution in [3.8, 4) is 5.75 Å². The first kappa shape index (κ1) is 21.0. The van der Waals surface area contributed by atoms with Crippen LogP contribution < -0.4 is 9.64 Å². The number of nitrogens with zero attached hydrogens (tertiary/aromatic N) is 4. The molecule has 1 aromatic carbocycles. The minimum atomic E-state index is -3.64. The maximum absolute atomic E-state index is 13.0. The van der Waals surface area contributed by atoms with Crippen molar-refractivity contribution in [1.29, 1.82) is 0 Å². The van der Waals surface area contributed by atoms with Crippen LogP contribution in [-0.2, 0) is 10.0 Å². The third kappa shape index (κ3) is 4.15. The molecule has 0 amide bonds. The molecule has 0 saturated carbocycles. The molecule has 1 fully saturated rings. The fourth-order valence-electron chi connectivity index (χ4n) is 4.20. The summed E-state index contributed by atoms with van der Waals surface area (Å²) in [5, 5.41) is 10.6. The van der Waals surface area contributed by atoms with Crippen molar-refractivity contribution in [1.82, 2.24) is 14.2 Å². The number of aliphatic hydroxyl groups excluding tert-OH is 1. The molecular formula is C21H28N4O4S. The number of piperazine rings is 1. The van der Waals surface area contributed by atoms with Crippen molar-refractivity contribution >= 4 is 15.8 Å². The van der Waals surface area contributed by atoms with Crippen molar-refractivity contribution < 1.29 is 18.3 Å². The summed E-state index contributed by atoms with van der Waals surface area (Å²) >= 11 is 0. The fourth-order valence-corrected chi connectivity index (χ4v) is 5.95. The van der Waals surface area contributed by atoms with Gasteiger partial charge in [0.25, 0.3) is 0 Å². The molecule has 1 unspecified atom stereocenters.